The Kier molecular flexibility index (Phi) is 3.58. The van der Waals surface area contributed by atoms with Crippen molar-refractivity contribution in [2.24, 2.45) is 0 Å². The monoisotopic (exact) mass is 300 g/mol. The molecule has 0 aliphatic rings. The molecule has 0 unspecified atom stereocenters. The van der Waals surface area contributed by atoms with Crippen LogP contribution in [0.5, 0.6) is 5.75 Å². The topological polar surface area (TPSA) is 107 Å². The summed E-state index contributed by atoms with van der Waals surface area (Å²) in [5, 5.41) is 8.41. The fraction of sp³-hybridized carbons (Fsp3) is 0.200. The van der Waals surface area contributed by atoms with Crippen LogP contribution in [-0.4, -0.2) is 32.0 Å². The summed E-state index contributed by atoms with van der Waals surface area (Å²) in [6.45, 7) is 0. The molecule has 7 nitrogen and oxygen atoms in total. The van der Waals surface area contributed by atoms with Crippen molar-refractivity contribution in [3.63, 3.8) is 0 Å². The van der Waals surface area contributed by atoms with Crippen LogP contribution in [0.3, 0.4) is 0 Å². The molecular formula is C10H12N4O3S2. The maximum absolute atomic E-state index is 11.1. The first kappa shape index (κ1) is 13.6. The number of aromatic nitrogens is 2. The van der Waals surface area contributed by atoms with Crippen molar-refractivity contribution in [3.8, 4) is 16.3 Å². The van der Waals surface area contributed by atoms with E-state index in [0.29, 0.717) is 22.0 Å². The van der Waals surface area contributed by atoms with Crippen LogP contribution in [0.2, 0.25) is 0 Å². The van der Waals surface area contributed by atoms with Gasteiger partial charge in [-0.25, -0.2) is 8.42 Å². The Labute approximate surface area is 114 Å². The highest BCUT2D eigenvalue weighted by Crippen LogP contribution is 2.35. The number of ether oxygens (including phenoxy) is 1. The van der Waals surface area contributed by atoms with Gasteiger partial charge in [0.2, 0.25) is 15.2 Å². The number of methoxy groups -OCH3 is 1. The van der Waals surface area contributed by atoms with E-state index in [1.54, 1.807) is 18.2 Å². The highest BCUT2D eigenvalue weighted by atomic mass is 32.2. The summed E-state index contributed by atoms with van der Waals surface area (Å²) in [6, 6.07) is 5.12. The molecule has 0 spiro atoms. The zero-order valence-corrected chi connectivity index (χ0v) is 11.9. The fourth-order valence-corrected chi connectivity index (χ4v) is 3.02. The second-order valence-electron chi connectivity index (χ2n) is 3.75. The molecule has 0 radical (unpaired) electrons. The molecule has 102 valence electrons. The molecule has 9 heteroatoms. The van der Waals surface area contributed by atoms with Crippen molar-refractivity contribution < 1.29 is 13.2 Å². The van der Waals surface area contributed by atoms with E-state index < -0.39 is 10.0 Å². The van der Waals surface area contributed by atoms with Gasteiger partial charge in [-0.1, -0.05) is 11.3 Å². The van der Waals surface area contributed by atoms with E-state index in [1.165, 1.54) is 7.11 Å². The number of benzene rings is 1. The van der Waals surface area contributed by atoms with Crippen LogP contribution in [-0.2, 0) is 10.0 Å². The molecule has 0 bridgehead atoms. The second kappa shape index (κ2) is 5.02. The molecule has 1 aromatic heterocycles. The van der Waals surface area contributed by atoms with Gasteiger partial charge in [-0.2, -0.15) is 0 Å². The number of hydrogen-bond acceptors (Lipinski definition) is 7. The van der Waals surface area contributed by atoms with E-state index in [9.17, 15) is 8.42 Å². The largest absolute Gasteiger partial charge is 0.496 e. The molecule has 0 atom stereocenters. The molecule has 0 fully saturated rings. The SMILES string of the molecule is COc1ccc(N)cc1-c1nnc(NS(C)(=O)=O)s1. The predicted molar refractivity (Wildman–Crippen MR) is 74.8 cm³/mol. The van der Waals surface area contributed by atoms with Gasteiger partial charge in [-0.15, -0.1) is 10.2 Å². The van der Waals surface area contributed by atoms with Gasteiger partial charge in [0.15, 0.2) is 5.01 Å². The zero-order chi connectivity index (χ0) is 14.0. The Morgan fingerprint density at radius 1 is 1.37 bits per heavy atom. The van der Waals surface area contributed by atoms with Gasteiger partial charge in [0.05, 0.1) is 18.9 Å². The molecule has 0 aliphatic heterocycles. The first-order valence-electron chi connectivity index (χ1n) is 5.14. The van der Waals surface area contributed by atoms with Crippen molar-refractivity contribution >= 4 is 32.2 Å². The molecule has 2 rings (SSSR count). The second-order valence-corrected chi connectivity index (χ2v) is 6.47. The van der Waals surface area contributed by atoms with Crippen molar-refractivity contribution in [2.75, 3.05) is 23.8 Å². The normalized spacial score (nSPS) is 11.3. The van der Waals surface area contributed by atoms with Gasteiger partial charge in [-0.05, 0) is 18.2 Å². The lowest BCUT2D eigenvalue weighted by molar-refractivity contribution is 0.416. The summed E-state index contributed by atoms with van der Waals surface area (Å²) in [7, 11) is -1.83. The fourth-order valence-electron chi connectivity index (χ4n) is 1.42. The van der Waals surface area contributed by atoms with Gasteiger partial charge in [-0.3, -0.25) is 4.72 Å². The lowest BCUT2D eigenvalue weighted by Crippen LogP contribution is -2.08. The zero-order valence-electron chi connectivity index (χ0n) is 10.2. The quantitative estimate of drug-likeness (QED) is 0.821. The third-order valence-corrected chi connectivity index (χ3v) is 3.72. The maximum Gasteiger partial charge on any atom is 0.231 e. The van der Waals surface area contributed by atoms with Gasteiger partial charge in [0.25, 0.3) is 0 Å². The number of nitrogens with two attached hydrogens (primary N) is 1. The van der Waals surface area contributed by atoms with Gasteiger partial charge in [0, 0.05) is 5.69 Å². The van der Waals surface area contributed by atoms with Crippen molar-refractivity contribution in [3.05, 3.63) is 18.2 Å². The van der Waals surface area contributed by atoms with E-state index in [4.69, 9.17) is 10.5 Å². The predicted octanol–water partition coefficient (Wildman–Crippen LogP) is 1.17. The Morgan fingerprint density at radius 3 is 2.74 bits per heavy atom. The van der Waals surface area contributed by atoms with E-state index in [2.05, 4.69) is 14.9 Å². The van der Waals surface area contributed by atoms with E-state index >= 15 is 0 Å². The number of hydrogen-bond donors (Lipinski definition) is 2. The van der Waals surface area contributed by atoms with E-state index in [1.807, 2.05) is 0 Å². The van der Waals surface area contributed by atoms with Gasteiger partial charge < -0.3 is 10.5 Å². The molecule has 3 N–H and O–H groups in total. The molecule has 1 aromatic carbocycles. The Hall–Kier alpha value is -1.87. The van der Waals surface area contributed by atoms with Gasteiger partial charge >= 0.3 is 0 Å². The molecule has 0 amide bonds. The van der Waals surface area contributed by atoms with Crippen molar-refractivity contribution in [2.45, 2.75) is 0 Å². The highest BCUT2D eigenvalue weighted by molar-refractivity contribution is 7.92. The number of sulfonamides is 1. The van der Waals surface area contributed by atoms with Crippen LogP contribution in [0.25, 0.3) is 10.6 Å². The summed E-state index contributed by atoms with van der Waals surface area (Å²) in [6.07, 6.45) is 1.05. The standard InChI is InChI=1S/C10H12N4O3S2/c1-17-8-4-3-6(11)5-7(8)9-12-13-10(18-9)14-19(2,15)16/h3-5H,11H2,1-2H3,(H,13,14). The molecule has 0 saturated heterocycles. The number of rotatable bonds is 4. The summed E-state index contributed by atoms with van der Waals surface area (Å²) >= 11 is 1.10. The summed E-state index contributed by atoms with van der Waals surface area (Å²) < 4.78 is 29.7. The third-order valence-electron chi connectivity index (χ3n) is 2.15. The van der Waals surface area contributed by atoms with Crippen LogP contribution in [0.1, 0.15) is 0 Å². The number of nitrogen functional groups attached to an aromatic ring is 1. The Balaban J connectivity index is 2.40. The number of anilines is 2. The third kappa shape index (κ3) is 3.32. The van der Waals surface area contributed by atoms with E-state index in [0.717, 1.165) is 17.6 Å². The van der Waals surface area contributed by atoms with Gasteiger partial charge in [0.1, 0.15) is 5.75 Å². The first-order chi connectivity index (χ1) is 8.89. The molecule has 0 aliphatic carbocycles. The minimum Gasteiger partial charge on any atom is -0.496 e. The van der Waals surface area contributed by atoms with Crippen LogP contribution < -0.4 is 15.2 Å². The summed E-state index contributed by atoms with van der Waals surface area (Å²) in [5.41, 5.74) is 6.94. The average Bonchev–Trinajstić information content (AvgIpc) is 2.75. The lowest BCUT2D eigenvalue weighted by Gasteiger charge is -2.05. The molecule has 1 heterocycles. The number of nitrogens with one attached hydrogen (secondary N) is 1. The van der Waals surface area contributed by atoms with Crippen LogP contribution >= 0.6 is 11.3 Å². The Bertz CT molecular complexity index is 697. The first-order valence-corrected chi connectivity index (χ1v) is 7.85. The number of nitrogens with zero attached hydrogens (tertiary/aromatic N) is 2. The van der Waals surface area contributed by atoms with Crippen LogP contribution in [0.15, 0.2) is 18.2 Å². The Morgan fingerprint density at radius 2 is 2.11 bits per heavy atom. The van der Waals surface area contributed by atoms with Crippen molar-refractivity contribution in [1.29, 1.82) is 0 Å². The van der Waals surface area contributed by atoms with Crippen LogP contribution in [0, 0.1) is 0 Å². The van der Waals surface area contributed by atoms with Crippen molar-refractivity contribution in [1.82, 2.24) is 10.2 Å². The molecular weight excluding hydrogens is 288 g/mol. The highest BCUT2D eigenvalue weighted by Gasteiger charge is 2.14. The van der Waals surface area contributed by atoms with Crippen LogP contribution in [0.4, 0.5) is 10.8 Å². The molecule has 19 heavy (non-hydrogen) atoms. The molecule has 0 saturated carbocycles. The summed E-state index contributed by atoms with van der Waals surface area (Å²) in [4.78, 5) is 0. The minimum absolute atomic E-state index is 0.196. The average molecular weight is 300 g/mol. The summed E-state index contributed by atoms with van der Waals surface area (Å²) in [5.74, 6) is 0.594. The smallest absolute Gasteiger partial charge is 0.231 e. The van der Waals surface area contributed by atoms with E-state index in [-0.39, 0.29) is 5.13 Å². The lowest BCUT2D eigenvalue weighted by atomic mass is 10.2. The molecule has 2 aromatic rings. The minimum atomic E-state index is -3.37. The maximum atomic E-state index is 11.1.